The van der Waals surface area contributed by atoms with Crippen LogP contribution < -0.4 is 20.5 Å². The van der Waals surface area contributed by atoms with Gasteiger partial charge in [-0.3, -0.25) is 4.79 Å². The molecule has 0 saturated heterocycles. The van der Waals surface area contributed by atoms with Crippen molar-refractivity contribution in [3.05, 3.63) is 23.8 Å². The highest BCUT2D eigenvalue weighted by Gasteiger charge is 2.45. The Bertz CT molecular complexity index is 461. The van der Waals surface area contributed by atoms with E-state index in [1.165, 1.54) is 0 Å². The van der Waals surface area contributed by atoms with E-state index in [1.807, 2.05) is 18.2 Å². The summed E-state index contributed by atoms with van der Waals surface area (Å²) in [5, 5.41) is 2.83. The van der Waals surface area contributed by atoms with Crippen molar-refractivity contribution in [1.82, 2.24) is 5.32 Å². The molecule has 0 atom stereocenters. The summed E-state index contributed by atoms with van der Waals surface area (Å²) in [4.78, 5) is 11.7. The molecular weight excluding hydrogens is 268 g/mol. The Morgan fingerprint density at radius 3 is 2.47 bits per heavy atom. The highest BCUT2D eigenvalue weighted by atomic mass is 35.5. The standard InChI is InChI=1S/C13H18N2O3.ClH/c1-17-10-4-3-9(7-11(10)18-2)8-15-12(16)13(14)5-6-13;/h3-4,7H,5-6,8,14H2,1-2H3,(H,15,16);1H. The van der Waals surface area contributed by atoms with Crippen molar-refractivity contribution in [3.8, 4) is 11.5 Å². The van der Waals surface area contributed by atoms with Crippen LogP contribution in [0.5, 0.6) is 11.5 Å². The van der Waals surface area contributed by atoms with E-state index < -0.39 is 5.54 Å². The van der Waals surface area contributed by atoms with Crippen LogP contribution in [0.4, 0.5) is 0 Å². The van der Waals surface area contributed by atoms with Gasteiger partial charge in [-0.1, -0.05) is 6.07 Å². The molecule has 1 aliphatic carbocycles. The van der Waals surface area contributed by atoms with Crippen LogP contribution in [0.3, 0.4) is 0 Å². The van der Waals surface area contributed by atoms with E-state index in [9.17, 15) is 4.79 Å². The molecular formula is C13H19ClN2O3. The maximum absolute atomic E-state index is 11.7. The average Bonchev–Trinajstić information content (AvgIpc) is 3.14. The van der Waals surface area contributed by atoms with Gasteiger partial charge in [0.15, 0.2) is 11.5 Å². The summed E-state index contributed by atoms with van der Waals surface area (Å²) in [5.41, 5.74) is 6.12. The average molecular weight is 287 g/mol. The number of nitrogens with one attached hydrogen (secondary N) is 1. The number of nitrogens with two attached hydrogens (primary N) is 1. The lowest BCUT2D eigenvalue weighted by Crippen LogP contribution is -2.42. The molecule has 1 aromatic carbocycles. The monoisotopic (exact) mass is 286 g/mol. The Balaban J connectivity index is 0.00000180. The Kier molecular flexibility index (Phi) is 5.03. The number of carbonyl (C=O) groups excluding carboxylic acids is 1. The second-order valence-corrected chi connectivity index (χ2v) is 4.53. The first kappa shape index (κ1) is 15.6. The maximum Gasteiger partial charge on any atom is 0.240 e. The Morgan fingerprint density at radius 2 is 1.95 bits per heavy atom. The molecule has 0 heterocycles. The summed E-state index contributed by atoms with van der Waals surface area (Å²) < 4.78 is 10.3. The van der Waals surface area contributed by atoms with Crippen LogP contribution in [0.15, 0.2) is 18.2 Å². The molecule has 1 amide bonds. The second-order valence-electron chi connectivity index (χ2n) is 4.53. The number of benzene rings is 1. The summed E-state index contributed by atoms with van der Waals surface area (Å²) in [6.07, 6.45) is 1.54. The lowest BCUT2D eigenvalue weighted by atomic mass is 10.2. The minimum Gasteiger partial charge on any atom is -0.493 e. The van der Waals surface area contributed by atoms with Gasteiger partial charge in [-0.05, 0) is 30.5 Å². The smallest absolute Gasteiger partial charge is 0.240 e. The van der Waals surface area contributed by atoms with E-state index in [0.29, 0.717) is 18.0 Å². The van der Waals surface area contributed by atoms with Crippen LogP contribution in [0.2, 0.25) is 0 Å². The van der Waals surface area contributed by atoms with Gasteiger partial charge in [0, 0.05) is 6.54 Å². The van der Waals surface area contributed by atoms with Crippen LogP contribution in [0.25, 0.3) is 0 Å². The number of halogens is 1. The fraction of sp³-hybridized carbons (Fsp3) is 0.462. The normalized spacial score (nSPS) is 15.1. The third-order valence-corrected chi connectivity index (χ3v) is 3.14. The molecule has 0 unspecified atom stereocenters. The maximum atomic E-state index is 11.7. The molecule has 1 saturated carbocycles. The SMILES string of the molecule is COc1ccc(CNC(=O)C2(N)CC2)cc1OC.Cl. The van der Waals surface area contributed by atoms with Gasteiger partial charge in [0.2, 0.25) is 5.91 Å². The fourth-order valence-electron chi connectivity index (χ4n) is 1.71. The summed E-state index contributed by atoms with van der Waals surface area (Å²) >= 11 is 0. The first-order chi connectivity index (χ1) is 8.59. The molecule has 0 spiro atoms. The van der Waals surface area contributed by atoms with Crippen LogP contribution in [0.1, 0.15) is 18.4 Å². The molecule has 0 bridgehead atoms. The lowest BCUT2D eigenvalue weighted by molar-refractivity contribution is -0.123. The minimum absolute atomic E-state index is 0. The fourth-order valence-corrected chi connectivity index (χ4v) is 1.71. The lowest BCUT2D eigenvalue weighted by Gasteiger charge is -2.12. The molecule has 1 aromatic rings. The van der Waals surface area contributed by atoms with Crippen LogP contribution in [0, 0.1) is 0 Å². The van der Waals surface area contributed by atoms with Gasteiger partial charge in [0.1, 0.15) is 0 Å². The summed E-state index contributed by atoms with van der Waals surface area (Å²) in [6.45, 7) is 0.443. The third kappa shape index (κ3) is 3.52. The number of ether oxygens (including phenoxy) is 2. The zero-order valence-electron chi connectivity index (χ0n) is 11.1. The molecule has 5 nitrogen and oxygen atoms in total. The first-order valence-electron chi connectivity index (χ1n) is 5.87. The molecule has 0 radical (unpaired) electrons. The molecule has 0 aromatic heterocycles. The van der Waals surface area contributed by atoms with Crippen LogP contribution in [-0.2, 0) is 11.3 Å². The molecule has 6 heteroatoms. The van der Waals surface area contributed by atoms with Crippen molar-refractivity contribution in [3.63, 3.8) is 0 Å². The van der Waals surface area contributed by atoms with Gasteiger partial charge in [-0.25, -0.2) is 0 Å². The molecule has 2 rings (SSSR count). The van der Waals surface area contributed by atoms with E-state index >= 15 is 0 Å². The zero-order chi connectivity index (χ0) is 13.2. The summed E-state index contributed by atoms with van der Waals surface area (Å²) in [5.74, 6) is 1.24. The predicted molar refractivity (Wildman–Crippen MR) is 74.8 cm³/mol. The van der Waals surface area contributed by atoms with Gasteiger partial charge in [0.05, 0.1) is 19.8 Å². The Morgan fingerprint density at radius 1 is 1.32 bits per heavy atom. The van der Waals surface area contributed by atoms with Gasteiger partial charge >= 0.3 is 0 Å². The van der Waals surface area contributed by atoms with Crippen molar-refractivity contribution in [2.45, 2.75) is 24.9 Å². The van der Waals surface area contributed by atoms with Crippen molar-refractivity contribution < 1.29 is 14.3 Å². The van der Waals surface area contributed by atoms with Crippen molar-refractivity contribution in [2.24, 2.45) is 5.73 Å². The van der Waals surface area contributed by atoms with Gasteiger partial charge in [-0.15, -0.1) is 12.4 Å². The largest absolute Gasteiger partial charge is 0.493 e. The summed E-state index contributed by atoms with van der Waals surface area (Å²) in [7, 11) is 3.17. The number of amides is 1. The van der Waals surface area contributed by atoms with E-state index in [4.69, 9.17) is 15.2 Å². The molecule has 3 N–H and O–H groups in total. The van der Waals surface area contributed by atoms with E-state index in [0.717, 1.165) is 18.4 Å². The van der Waals surface area contributed by atoms with Gasteiger partial charge in [-0.2, -0.15) is 0 Å². The number of rotatable bonds is 5. The second kappa shape index (κ2) is 6.12. The van der Waals surface area contributed by atoms with E-state index in [2.05, 4.69) is 5.32 Å². The topological polar surface area (TPSA) is 73.6 Å². The first-order valence-corrected chi connectivity index (χ1v) is 5.87. The summed E-state index contributed by atoms with van der Waals surface area (Å²) in [6, 6.07) is 5.54. The molecule has 0 aliphatic heterocycles. The third-order valence-electron chi connectivity index (χ3n) is 3.14. The molecule has 1 fully saturated rings. The van der Waals surface area contributed by atoms with E-state index in [-0.39, 0.29) is 18.3 Å². The van der Waals surface area contributed by atoms with Crippen molar-refractivity contribution >= 4 is 18.3 Å². The number of carbonyl (C=O) groups is 1. The van der Waals surface area contributed by atoms with Gasteiger partial charge in [0.25, 0.3) is 0 Å². The molecule has 106 valence electrons. The zero-order valence-corrected chi connectivity index (χ0v) is 11.9. The van der Waals surface area contributed by atoms with E-state index in [1.54, 1.807) is 14.2 Å². The predicted octanol–water partition coefficient (Wildman–Crippen LogP) is 1.23. The highest BCUT2D eigenvalue weighted by molar-refractivity contribution is 5.88. The Hall–Kier alpha value is -1.46. The van der Waals surface area contributed by atoms with Crippen LogP contribution in [-0.4, -0.2) is 25.7 Å². The molecule has 19 heavy (non-hydrogen) atoms. The quantitative estimate of drug-likeness (QED) is 0.854. The van der Waals surface area contributed by atoms with Gasteiger partial charge < -0.3 is 20.5 Å². The number of hydrogen-bond donors (Lipinski definition) is 2. The van der Waals surface area contributed by atoms with Crippen molar-refractivity contribution in [1.29, 1.82) is 0 Å². The Labute approximate surface area is 118 Å². The highest BCUT2D eigenvalue weighted by Crippen LogP contribution is 2.32. The minimum atomic E-state index is -0.628. The van der Waals surface area contributed by atoms with Crippen LogP contribution >= 0.6 is 12.4 Å². The number of methoxy groups -OCH3 is 2. The molecule has 1 aliphatic rings. The number of hydrogen-bond acceptors (Lipinski definition) is 4. The van der Waals surface area contributed by atoms with Crippen molar-refractivity contribution in [2.75, 3.05) is 14.2 Å².